The largest absolute Gasteiger partial charge is 0.352 e. The SMILES string of the molecule is CC[C@H](C(=O)NC1CCCCC1)N(Cc1ccccc1C)C(=O)CCCN1c2cccc3cccc(c23)S1(=O)=O. The average Bonchev–Trinajstić information content (AvgIpc) is 3.17. The number of sulfonamides is 1. The molecule has 1 fully saturated rings. The first-order valence-electron chi connectivity index (χ1n) is 14.5. The molecule has 0 spiro atoms. The van der Waals surface area contributed by atoms with Crippen LogP contribution in [0, 0.1) is 6.92 Å². The minimum Gasteiger partial charge on any atom is -0.352 e. The molecule has 0 radical (unpaired) electrons. The fraction of sp³-hybridized carbons (Fsp3) is 0.438. The van der Waals surface area contributed by atoms with Gasteiger partial charge in [0.2, 0.25) is 11.8 Å². The third-order valence-corrected chi connectivity index (χ3v) is 10.2. The Morgan fingerprint density at radius 1 is 1.00 bits per heavy atom. The van der Waals surface area contributed by atoms with Gasteiger partial charge in [-0.15, -0.1) is 0 Å². The lowest BCUT2D eigenvalue weighted by Crippen LogP contribution is -2.51. The second-order valence-electron chi connectivity index (χ2n) is 11.0. The van der Waals surface area contributed by atoms with E-state index in [1.807, 2.05) is 62.4 Å². The van der Waals surface area contributed by atoms with Crippen LogP contribution in [0.25, 0.3) is 10.8 Å². The van der Waals surface area contributed by atoms with Crippen LogP contribution in [-0.2, 0) is 26.2 Å². The van der Waals surface area contributed by atoms with E-state index in [1.165, 1.54) is 10.7 Å². The van der Waals surface area contributed by atoms with Crippen LogP contribution in [0.2, 0.25) is 0 Å². The van der Waals surface area contributed by atoms with E-state index >= 15 is 0 Å². The Morgan fingerprint density at radius 2 is 1.73 bits per heavy atom. The highest BCUT2D eigenvalue weighted by Crippen LogP contribution is 2.42. The van der Waals surface area contributed by atoms with Crippen LogP contribution in [0.5, 0.6) is 0 Å². The van der Waals surface area contributed by atoms with E-state index < -0.39 is 16.1 Å². The molecule has 5 rings (SSSR count). The predicted octanol–water partition coefficient (Wildman–Crippen LogP) is 5.69. The molecule has 2 amide bonds. The number of carbonyl (C=O) groups is 2. The smallest absolute Gasteiger partial charge is 0.265 e. The standard InChI is InChI=1S/C32H39N3O4S/c1-3-27(32(37)33-26-16-5-4-6-17-26)34(22-25-13-8-7-12-23(25)2)30(36)20-11-21-35-28-18-9-14-24-15-10-19-29(31(24)28)40(35,38)39/h7-10,12-15,18-19,26-27H,3-6,11,16-17,20-22H2,1-2H3,(H,33,37)/t27-/m1/s1. The quantitative estimate of drug-likeness (QED) is 0.344. The van der Waals surface area contributed by atoms with Crippen molar-refractivity contribution >= 4 is 38.3 Å². The van der Waals surface area contributed by atoms with Crippen LogP contribution in [0.15, 0.2) is 65.6 Å². The van der Waals surface area contributed by atoms with E-state index in [0.717, 1.165) is 47.6 Å². The number of nitrogens with one attached hydrogen (secondary N) is 1. The van der Waals surface area contributed by atoms with Crippen molar-refractivity contribution in [3.63, 3.8) is 0 Å². The molecule has 1 heterocycles. The molecule has 1 N–H and O–H groups in total. The molecule has 0 saturated heterocycles. The summed E-state index contributed by atoms with van der Waals surface area (Å²) in [6.07, 6.45) is 6.41. The van der Waals surface area contributed by atoms with Crippen LogP contribution in [0.4, 0.5) is 5.69 Å². The van der Waals surface area contributed by atoms with E-state index in [0.29, 0.717) is 30.0 Å². The van der Waals surface area contributed by atoms with Crippen molar-refractivity contribution in [2.45, 2.75) is 88.7 Å². The number of hydrogen-bond donors (Lipinski definition) is 1. The molecule has 8 heteroatoms. The summed E-state index contributed by atoms with van der Waals surface area (Å²) < 4.78 is 28.2. The number of amides is 2. The fourth-order valence-electron chi connectivity index (χ4n) is 6.15. The Morgan fingerprint density at radius 3 is 2.45 bits per heavy atom. The van der Waals surface area contributed by atoms with Gasteiger partial charge < -0.3 is 10.2 Å². The highest BCUT2D eigenvalue weighted by atomic mass is 32.2. The summed E-state index contributed by atoms with van der Waals surface area (Å²) in [5.74, 6) is -0.234. The maximum absolute atomic E-state index is 13.8. The van der Waals surface area contributed by atoms with Gasteiger partial charge in [0.1, 0.15) is 6.04 Å². The van der Waals surface area contributed by atoms with E-state index in [9.17, 15) is 18.0 Å². The van der Waals surface area contributed by atoms with Crippen molar-refractivity contribution in [1.29, 1.82) is 0 Å². The first-order valence-corrected chi connectivity index (χ1v) is 15.9. The molecule has 7 nitrogen and oxygen atoms in total. The lowest BCUT2D eigenvalue weighted by Gasteiger charge is -2.33. The molecule has 40 heavy (non-hydrogen) atoms. The Labute approximate surface area is 237 Å². The fourth-order valence-corrected chi connectivity index (χ4v) is 7.90. The van der Waals surface area contributed by atoms with Gasteiger partial charge in [-0.05, 0) is 61.3 Å². The Kier molecular flexibility index (Phi) is 8.45. The maximum Gasteiger partial charge on any atom is 0.265 e. The van der Waals surface area contributed by atoms with Gasteiger partial charge in [-0.25, -0.2) is 8.42 Å². The minimum absolute atomic E-state index is 0.0967. The lowest BCUT2D eigenvalue weighted by molar-refractivity contribution is -0.141. The molecule has 0 unspecified atom stereocenters. The number of nitrogens with zero attached hydrogens (tertiary/aromatic N) is 2. The highest BCUT2D eigenvalue weighted by Gasteiger charge is 2.36. The first-order chi connectivity index (χ1) is 19.3. The Hall–Kier alpha value is -3.39. The zero-order valence-corrected chi connectivity index (χ0v) is 24.3. The molecule has 1 atom stereocenters. The molecule has 1 aliphatic carbocycles. The van der Waals surface area contributed by atoms with Crippen molar-refractivity contribution in [3.05, 3.63) is 71.8 Å². The lowest BCUT2D eigenvalue weighted by atomic mass is 9.95. The van der Waals surface area contributed by atoms with E-state index in [2.05, 4.69) is 5.32 Å². The minimum atomic E-state index is -3.68. The zero-order chi connectivity index (χ0) is 28.3. The molecule has 0 aromatic heterocycles. The molecule has 3 aromatic carbocycles. The van der Waals surface area contributed by atoms with Gasteiger partial charge in [0.15, 0.2) is 0 Å². The first kappa shape index (κ1) is 28.1. The summed E-state index contributed by atoms with van der Waals surface area (Å²) in [6.45, 7) is 4.50. The summed E-state index contributed by atoms with van der Waals surface area (Å²) in [6, 6.07) is 18.4. The molecular formula is C32H39N3O4S. The van der Waals surface area contributed by atoms with E-state index in [4.69, 9.17) is 0 Å². The van der Waals surface area contributed by atoms with Crippen molar-refractivity contribution in [1.82, 2.24) is 10.2 Å². The number of carbonyl (C=O) groups excluding carboxylic acids is 2. The molecule has 1 saturated carbocycles. The van der Waals surface area contributed by atoms with Gasteiger partial charge in [-0.3, -0.25) is 13.9 Å². The number of benzene rings is 3. The molecule has 0 bridgehead atoms. The molecule has 212 valence electrons. The number of aryl methyl sites for hydroxylation is 1. The van der Waals surface area contributed by atoms with E-state index in [-0.39, 0.29) is 30.8 Å². The van der Waals surface area contributed by atoms with Gasteiger partial charge in [0.25, 0.3) is 10.0 Å². The summed E-state index contributed by atoms with van der Waals surface area (Å²) in [5.41, 5.74) is 2.73. The number of hydrogen-bond acceptors (Lipinski definition) is 4. The summed E-state index contributed by atoms with van der Waals surface area (Å²) in [7, 11) is -3.68. The van der Waals surface area contributed by atoms with Crippen LogP contribution in [-0.4, -0.2) is 43.8 Å². The van der Waals surface area contributed by atoms with Crippen LogP contribution < -0.4 is 9.62 Å². The maximum atomic E-state index is 13.8. The second-order valence-corrected chi connectivity index (χ2v) is 12.9. The van der Waals surface area contributed by atoms with E-state index in [1.54, 1.807) is 17.0 Å². The third-order valence-electron chi connectivity index (χ3n) is 8.37. The Bertz CT molecular complexity index is 1490. The van der Waals surface area contributed by atoms with Crippen LogP contribution >= 0.6 is 0 Å². The molecule has 2 aliphatic rings. The molecular weight excluding hydrogens is 522 g/mol. The monoisotopic (exact) mass is 561 g/mol. The van der Waals surface area contributed by atoms with Gasteiger partial charge >= 0.3 is 0 Å². The topological polar surface area (TPSA) is 86.8 Å². The highest BCUT2D eigenvalue weighted by molar-refractivity contribution is 7.93. The number of anilines is 1. The summed E-state index contributed by atoms with van der Waals surface area (Å²) in [4.78, 5) is 29.3. The van der Waals surface area contributed by atoms with Gasteiger partial charge in [-0.2, -0.15) is 0 Å². The molecule has 1 aliphatic heterocycles. The second kappa shape index (κ2) is 12.0. The summed E-state index contributed by atoms with van der Waals surface area (Å²) >= 11 is 0. The van der Waals surface area contributed by atoms with Crippen molar-refractivity contribution < 1.29 is 18.0 Å². The van der Waals surface area contributed by atoms with Crippen molar-refractivity contribution in [2.75, 3.05) is 10.8 Å². The molecule has 3 aromatic rings. The van der Waals surface area contributed by atoms with Crippen molar-refractivity contribution in [3.8, 4) is 0 Å². The van der Waals surface area contributed by atoms with Crippen molar-refractivity contribution in [2.24, 2.45) is 0 Å². The average molecular weight is 562 g/mol. The van der Waals surface area contributed by atoms with Gasteiger partial charge in [0, 0.05) is 30.9 Å². The van der Waals surface area contributed by atoms with Crippen LogP contribution in [0.3, 0.4) is 0 Å². The third kappa shape index (κ3) is 5.59. The van der Waals surface area contributed by atoms with Crippen LogP contribution in [0.1, 0.15) is 69.4 Å². The predicted molar refractivity (Wildman–Crippen MR) is 159 cm³/mol. The van der Waals surface area contributed by atoms with Gasteiger partial charge in [0.05, 0.1) is 10.6 Å². The Balaban J connectivity index is 1.32. The normalized spacial score (nSPS) is 17.1. The number of rotatable bonds is 10. The van der Waals surface area contributed by atoms with Gasteiger partial charge in [-0.1, -0.05) is 74.7 Å². The summed E-state index contributed by atoms with van der Waals surface area (Å²) in [5, 5.41) is 4.84. The zero-order valence-electron chi connectivity index (χ0n) is 23.4.